The number of anilines is 1. The lowest BCUT2D eigenvalue weighted by atomic mass is 10.0. The Morgan fingerprint density at radius 3 is 2.52 bits per heavy atom. The molecule has 7 heteroatoms. The highest BCUT2D eigenvalue weighted by molar-refractivity contribution is 14.1. The van der Waals surface area contributed by atoms with Gasteiger partial charge in [-0.1, -0.05) is 30.3 Å². The normalized spacial score (nSPS) is 16.3. The van der Waals surface area contributed by atoms with E-state index in [-0.39, 0.29) is 11.9 Å². The fourth-order valence-electron chi connectivity index (χ4n) is 3.35. The summed E-state index contributed by atoms with van der Waals surface area (Å²) in [4.78, 5) is 6.03. The Kier molecular flexibility index (Phi) is 5.19. The van der Waals surface area contributed by atoms with Crippen LogP contribution in [0.15, 0.2) is 76.5 Å². The van der Waals surface area contributed by atoms with E-state index in [1.165, 1.54) is 15.7 Å². The van der Waals surface area contributed by atoms with E-state index >= 15 is 0 Å². The average molecular weight is 531 g/mol. The van der Waals surface area contributed by atoms with E-state index in [1.807, 2.05) is 23.2 Å². The zero-order valence-electron chi connectivity index (χ0n) is 15.1. The van der Waals surface area contributed by atoms with E-state index in [0.717, 1.165) is 39.0 Å². The summed E-state index contributed by atoms with van der Waals surface area (Å²) in [6.07, 6.45) is 0.768. The lowest BCUT2D eigenvalue weighted by molar-refractivity contribution is 0.624. The summed E-state index contributed by atoms with van der Waals surface area (Å²) in [6, 6.07) is 19.2. The fourth-order valence-corrected chi connectivity index (χ4v) is 5.26. The number of thiazole rings is 1. The van der Waals surface area contributed by atoms with Crippen molar-refractivity contribution < 1.29 is 4.39 Å². The first-order valence-corrected chi connectivity index (χ1v) is 11.9. The summed E-state index contributed by atoms with van der Waals surface area (Å²) < 4.78 is 14.7. The Morgan fingerprint density at radius 2 is 1.79 bits per heavy atom. The minimum Gasteiger partial charge on any atom is -0.231 e. The number of benzene rings is 2. The van der Waals surface area contributed by atoms with Gasteiger partial charge in [0.05, 0.1) is 22.3 Å². The molecule has 144 valence electrons. The Balaban J connectivity index is 1.52. The maximum atomic E-state index is 13.5. The van der Waals surface area contributed by atoms with Crippen LogP contribution >= 0.6 is 45.3 Å². The van der Waals surface area contributed by atoms with Gasteiger partial charge in [0.15, 0.2) is 0 Å². The molecule has 0 amide bonds. The van der Waals surface area contributed by atoms with Gasteiger partial charge in [-0.05, 0) is 63.9 Å². The fraction of sp³-hybridized carbons (Fsp3) is 0.0909. The van der Waals surface area contributed by atoms with Gasteiger partial charge in [-0.25, -0.2) is 14.4 Å². The maximum Gasteiger partial charge on any atom is 0.207 e. The van der Waals surface area contributed by atoms with Crippen molar-refractivity contribution in [2.75, 3.05) is 5.01 Å². The van der Waals surface area contributed by atoms with Crippen molar-refractivity contribution in [1.29, 1.82) is 0 Å². The molecule has 29 heavy (non-hydrogen) atoms. The first-order chi connectivity index (χ1) is 14.2. The van der Waals surface area contributed by atoms with Crippen LogP contribution in [0.2, 0.25) is 0 Å². The summed E-state index contributed by atoms with van der Waals surface area (Å²) in [5.41, 5.74) is 4.11. The van der Waals surface area contributed by atoms with Gasteiger partial charge in [0.1, 0.15) is 5.82 Å². The van der Waals surface area contributed by atoms with Crippen molar-refractivity contribution >= 4 is 56.1 Å². The molecule has 2 aromatic heterocycles. The zero-order chi connectivity index (χ0) is 19.8. The summed E-state index contributed by atoms with van der Waals surface area (Å²) >= 11 is 5.57. The monoisotopic (exact) mass is 531 g/mol. The standard InChI is InChI=1S/C22H15FIN3S2/c23-16-7-3-15(4-8-16)20-12-18(21-2-1-11-28-21)26-27(20)22-25-19(13-29-22)14-5-9-17(24)10-6-14/h1-11,13,20H,12H2. The molecule has 1 atom stereocenters. The number of thiophene rings is 1. The van der Waals surface area contributed by atoms with E-state index in [0.29, 0.717) is 0 Å². The molecular formula is C22H15FIN3S2. The van der Waals surface area contributed by atoms with Gasteiger partial charge in [-0.2, -0.15) is 5.10 Å². The van der Waals surface area contributed by atoms with Crippen LogP contribution in [0.3, 0.4) is 0 Å². The lowest BCUT2D eigenvalue weighted by Crippen LogP contribution is -2.18. The summed E-state index contributed by atoms with van der Waals surface area (Å²) in [7, 11) is 0. The van der Waals surface area contributed by atoms with E-state index in [1.54, 1.807) is 22.7 Å². The second-order valence-corrected chi connectivity index (χ2v) is 9.69. The first kappa shape index (κ1) is 18.9. The summed E-state index contributed by atoms with van der Waals surface area (Å²) in [5.74, 6) is -0.229. The van der Waals surface area contributed by atoms with Crippen LogP contribution in [0.4, 0.5) is 9.52 Å². The van der Waals surface area contributed by atoms with E-state index < -0.39 is 0 Å². The van der Waals surface area contributed by atoms with Crippen LogP contribution in [-0.4, -0.2) is 10.7 Å². The number of hydrazone groups is 1. The molecule has 3 nitrogen and oxygen atoms in total. The van der Waals surface area contributed by atoms with Gasteiger partial charge >= 0.3 is 0 Å². The van der Waals surface area contributed by atoms with Gasteiger partial charge in [0.2, 0.25) is 5.13 Å². The second kappa shape index (κ2) is 7.97. The Morgan fingerprint density at radius 1 is 1.00 bits per heavy atom. The van der Waals surface area contributed by atoms with Gasteiger partial charge in [0.25, 0.3) is 0 Å². The van der Waals surface area contributed by atoms with Crippen LogP contribution in [0, 0.1) is 9.39 Å². The molecule has 2 aromatic carbocycles. The van der Waals surface area contributed by atoms with Gasteiger partial charge in [-0.15, -0.1) is 22.7 Å². The minimum atomic E-state index is -0.229. The predicted molar refractivity (Wildman–Crippen MR) is 127 cm³/mol. The highest BCUT2D eigenvalue weighted by Gasteiger charge is 2.32. The van der Waals surface area contributed by atoms with Gasteiger partial charge < -0.3 is 0 Å². The summed E-state index contributed by atoms with van der Waals surface area (Å²) in [6.45, 7) is 0. The van der Waals surface area contributed by atoms with Crippen molar-refractivity contribution in [3.63, 3.8) is 0 Å². The van der Waals surface area contributed by atoms with E-state index in [2.05, 4.69) is 63.7 Å². The topological polar surface area (TPSA) is 28.5 Å². The molecule has 1 aliphatic rings. The van der Waals surface area contributed by atoms with Crippen LogP contribution in [0.25, 0.3) is 11.3 Å². The molecule has 0 saturated heterocycles. The average Bonchev–Trinajstić information content (AvgIpc) is 3.48. The van der Waals surface area contributed by atoms with Crippen LogP contribution in [0.5, 0.6) is 0 Å². The molecule has 3 heterocycles. The SMILES string of the molecule is Fc1ccc(C2CC(c3cccs3)=NN2c2nc(-c3ccc(I)cc3)cs2)cc1. The number of halogens is 2. The quantitative estimate of drug-likeness (QED) is 0.266. The Bertz CT molecular complexity index is 1150. The number of nitrogens with zero attached hydrogens (tertiary/aromatic N) is 3. The van der Waals surface area contributed by atoms with Gasteiger partial charge in [0, 0.05) is 20.9 Å². The molecule has 1 unspecified atom stereocenters. The molecule has 0 spiro atoms. The molecule has 4 aromatic rings. The zero-order valence-corrected chi connectivity index (χ0v) is 18.9. The third-order valence-electron chi connectivity index (χ3n) is 4.80. The van der Waals surface area contributed by atoms with Crippen molar-refractivity contribution in [3.05, 3.63) is 91.3 Å². The molecule has 0 radical (unpaired) electrons. The van der Waals surface area contributed by atoms with Crippen LogP contribution < -0.4 is 5.01 Å². The third kappa shape index (κ3) is 3.86. The first-order valence-electron chi connectivity index (χ1n) is 9.05. The number of rotatable bonds is 4. The third-order valence-corrected chi connectivity index (χ3v) is 7.27. The molecule has 0 fully saturated rings. The number of aromatic nitrogens is 1. The minimum absolute atomic E-state index is 0.00317. The number of hydrogen-bond acceptors (Lipinski definition) is 5. The molecule has 5 rings (SSSR count). The van der Waals surface area contributed by atoms with Crippen molar-refractivity contribution in [3.8, 4) is 11.3 Å². The van der Waals surface area contributed by atoms with E-state index in [4.69, 9.17) is 10.1 Å². The molecular weight excluding hydrogens is 516 g/mol. The second-order valence-electron chi connectivity index (χ2n) is 6.66. The maximum absolute atomic E-state index is 13.5. The Hall–Kier alpha value is -2.10. The largest absolute Gasteiger partial charge is 0.231 e. The predicted octanol–water partition coefficient (Wildman–Crippen LogP) is 6.97. The van der Waals surface area contributed by atoms with Crippen LogP contribution in [-0.2, 0) is 0 Å². The van der Waals surface area contributed by atoms with E-state index in [9.17, 15) is 4.39 Å². The molecule has 0 N–H and O–H groups in total. The summed E-state index contributed by atoms with van der Waals surface area (Å²) in [5, 5.41) is 11.9. The highest BCUT2D eigenvalue weighted by Crippen LogP contribution is 2.39. The van der Waals surface area contributed by atoms with Crippen molar-refractivity contribution in [2.24, 2.45) is 5.10 Å². The molecule has 1 aliphatic heterocycles. The highest BCUT2D eigenvalue weighted by atomic mass is 127. The lowest BCUT2D eigenvalue weighted by Gasteiger charge is -2.21. The number of hydrogen-bond donors (Lipinski definition) is 0. The Labute approximate surface area is 189 Å². The van der Waals surface area contributed by atoms with Crippen molar-refractivity contribution in [1.82, 2.24) is 4.98 Å². The van der Waals surface area contributed by atoms with Crippen molar-refractivity contribution in [2.45, 2.75) is 12.5 Å². The molecule has 0 bridgehead atoms. The smallest absolute Gasteiger partial charge is 0.207 e. The molecule has 0 saturated carbocycles. The van der Waals surface area contributed by atoms with Crippen LogP contribution in [0.1, 0.15) is 22.9 Å². The van der Waals surface area contributed by atoms with Gasteiger partial charge in [-0.3, -0.25) is 0 Å². The molecule has 0 aliphatic carbocycles.